The molecular weight excluding hydrogens is 226 g/mol. The highest BCUT2D eigenvalue weighted by Crippen LogP contribution is 2.06. The first-order valence-corrected chi connectivity index (χ1v) is 5.27. The number of nitrogens with two attached hydrogens (primary N) is 1. The standard InChI is InChI=1S/C10H19N3O4/c1-4-10(2,3)13-9(17)12-6(8(15)16)5-7(11)14/h6H,4-5H2,1-3H3,(H2,11,14)(H,15,16)(H2,12,13,17)/t6-/m0/s1. The van der Waals surface area contributed by atoms with Gasteiger partial charge in [-0.1, -0.05) is 6.92 Å². The van der Waals surface area contributed by atoms with Crippen molar-refractivity contribution in [3.63, 3.8) is 0 Å². The van der Waals surface area contributed by atoms with E-state index in [2.05, 4.69) is 10.6 Å². The summed E-state index contributed by atoms with van der Waals surface area (Å²) in [5, 5.41) is 13.6. The molecule has 0 aliphatic heterocycles. The number of amides is 3. The molecule has 1 atom stereocenters. The average molecular weight is 245 g/mol. The van der Waals surface area contributed by atoms with Crippen molar-refractivity contribution in [3.05, 3.63) is 0 Å². The molecule has 0 aromatic rings. The topological polar surface area (TPSA) is 122 Å². The van der Waals surface area contributed by atoms with Gasteiger partial charge in [0.05, 0.1) is 6.42 Å². The molecule has 7 heteroatoms. The summed E-state index contributed by atoms with van der Waals surface area (Å²) in [6.07, 6.45) is 0.253. The monoisotopic (exact) mass is 245 g/mol. The van der Waals surface area contributed by atoms with Gasteiger partial charge in [0.15, 0.2) is 0 Å². The second-order valence-corrected chi connectivity index (χ2v) is 4.40. The minimum absolute atomic E-state index is 0.435. The second kappa shape index (κ2) is 6.07. The van der Waals surface area contributed by atoms with E-state index in [1.165, 1.54) is 0 Å². The SMILES string of the molecule is CCC(C)(C)NC(=O)N[C@@H](CC(N)=O)C(=O)O. The molecule has 0 aromatic carbocycles. The lowest BCUT2D eigenvalue weighted by Gasteiger charge is -2.25. The summed E-state index contributed by atoms with van der Waals surface area (Å²) in [5.74, 6) is -2.08. The van der Waals surface area contributed by atoms with Gasteiger partial charge in [0.1, 0.15) is 6.04 Å². The molecule has 0 heterocycles. The molecular formula is C10H19N3O4. The number of urea groups is 1. The van der Waals surface area contributed by atoms with Gasteiger partial charge in [-0.2, -0.15) is 0 Å². The first-order valence-electron chi connectivity index (χ1n) is 5.27. The first-order chi connectivity index (χ1) is 7.68. The van der Waals surface area contributed by atoms with Gasteiger partial charge < -0.3 is 21.5 Å². The Hall–Kier alpha value is -1.79. The van der Waals surface area contributed by atoms with Crippen LogP contribution in [0.25, 0.3) is 0 Å². The van der Waals surface area contributed by atoms with Crippen molar-refractivity contribution in [2.75, 3.05) is 0 Å². The minimum Gasteiger partial charge on any atom is -0.480 e. The molecule has 17 heavy (non-hydrogen) atoms. The highest BCUT2D eigenvalue weighted by atomic mass is 16.4. The third-order valence-corrected chi connectivity index (χ3v) is 2.34. The summed E-state index contributed by atoms with van der Waals surface area (Å²) in [6.45, 7) is 5.49. The quantitative estimate of drug-likeness (QED) is 0.517. The van der Waals surface area contributed by atoms with E-state index < -0.39 is 35.9 Å². The molecule has 7 nitrogen and oxygen atoms in total. The molecule has 0 rings (SSSR count). The Morgan fingerprint density at radius 1 is 1.35 bits per heavy atom. The Bertz CT molecular complexity index is 315. The number of carboxylic acid groups (broad SMARTS) is 1. The minimum atomic E-state index is -1.31. The largest absolute Gasteiger partial charge is 0.480 e. The maximum Gasteiger partial charge on any atom is 0.326 e. The molecule has 0 spiro atoms. The highest BCUT2D eigenvalue weighted by molar-refractivity contribution is 5.87. The smallest absolute Gasteiger partial charge is 0.326 e. The maximum absolute atomic E-state index is 11.5. The molecule has 0 aliphatic rings. The Balaban J connectivity index is 4.41. The molecule has 0 saturated carbocycles. The van der Waals surface area contributed by atoms with E-state index in [1.54, 1.807) is 13.8 Å². The second-order valence-electron chi connectivity index (χ2n) is 4.40. The van der Waals surface area contributed by atoms with Crippen molar-refractivity contribution in [1.82, 2.24) is 10.6 Å². The van der Waals surface area contributed by atoms with E-state index in [-0.39, 0.29) is 0 Å². The molecule has 0 saturated heterocycles. The van der Waals surface area contributed by atoms with E-state index >= 15 is 0 Å². The van der Waals surface area contributed by atoms with Crippen molar-refractivity contribution in [2.24, 2.45) is 5.73 Å². The third-order valence-electron chi connectivity index (χ3n) is 2.34. The van der Waals surface area contributed by atoms with Crippen LogP contribution in [0.3, 0.4) is 0 Å². The molecule has 0 unspecified atom stereocenters. The summed E-state index contributed by atoms with van der Waals surface area (Å²) in [7, 11) is 0. The molecule has 0 radical (unpaired) electrons. The number of hydrogen-bond donors (Lipinski definition) is 4. The lowest BCUT2D eigenvalue weighted by molar-refractivity contribution is -0.140. The number of nitrogens with one attached hydrogen (secondary N) is 2. The Morgan fingerprint density at radius 3 is 2.24 bits per heavy atom. The summed E-state index contributed by atoms with van der Waals surface area (Å²) in [5.41, 5.74) is 4.44. The van der Waals surface area contributed by atoms with Crippen LogP contribution in [-0.2, 0) is 9.59 Å². The van der Waals surface area contributed by atoms with Crippen LogP contribution in [0.5, 0.6) is 0 Å². The van der Waals surface area contributed by atoms with Crippen molar-refractivity contribution < 1.29 is 19.5 Å². The molecule has 0 aliphatic carbocycles. The predicted octanol–water partition coefficient (Wildman–Crippen LogP) is -0.197. The van der Waals surface area contributed by atoms with Crippen molar-refractivity contribution in [2.45, 2.75) is 45.2 Å². The van der Waals surface area contributed by atoms with Crippen LogP contribution in [0.1, 0.15) is 33.6 Å². The van der Waals surface area contributed by atoms with Crippen molar-refractivity contribution >= 4 is 17.9 Å². The van der Waals surface area contributed by atoms with Gasteiger partial charge in [-0.15, -0.1) is 0 Å². The van der Waals surface area contributed by atoms with Crippen LogP contribution < -0.4 is 16.4 Å². The van der Waals surface area contributed by atoms with Gasteiger partial charge >= 0.3 is 12.0 Å². The van der Waals surface area contributed by atoms with Crippen LogP contribution in [0.15, 0.2) is 0 Å². The Labute approximate surface area is 99.7 Å². The fourth-order valence-electron chi connectivity index (χ4n) is 0.991. The number of rotatable bonds is 6. The van der Waals surface area contributed by atoms with Gasteiger partial charge in [-0.25, -0.2) is 9.59 Å². The fourth-order valence-corrected chi connectivity index (χ4v) is 0.991. The van der Waals surface area contributed by atoms with Gasteiger partial charge in [-0.05, 0) is 20.3 Å². The zero-order valence-electron chi connectivity index (χ0n) is 10.2. The van der Waals surface area contributed by atoms with E-state index in [1.807, 2.05) is 6.92 Å². The zero-order valence-corrected chi connectivity index (χ0v) is 10.2. The number of aliphatic carboxylic acids is 1. The normalized spacial score (nSPS) is 12.6. The lowest BCUT2D eigenvalue weighted by Crippen LogP contribution is -2.53. The molecule has 0 fully saturated rings. The van der Waals surface area contributed by atoms with Gasteiger partial charge in [-0.3, -0.25) is 4.79 Å². The van der Waals surface area contributed by atoms with E-state index in [0.717, 1.165) is 0 Å². The van der Waals surface area contributed by atoms with E-state index in [4.69, 9.17) is 10.8 Å². The summed E-state index contributed by atoms with van der Waals surface area (Å²) in [6, 6.07) is -1.94. The van der Waals surface area contributed by atoms with Crippen LogP contribution in [0.4, 0.5) is 4.79 Å². The van der Waals surface area contributed by atoms with Gasteiger partial charge in [0.25, 0.3) is 0 Å². The van der Waals surface area contributed by atoms with Gasteiger partial charge in [0.2, 0.25) is 5.91 Å². The number of primary amides is 1. The van der Waals surface area contributed by atoms with Crippen LogP contribution in [0.2, 0.25) is 0 Å². The summed E-state index contributed by atoms with van der Waals surface area (Å²) < 4.78 is 0. The number of carbonyl (C=O) groups is 3. The van der Waals surface area contributed by atoms with Gasteiger partial charge in [0, 0.05) is 5.54 Å². The molecule has 98 valence electrons. The van der Waals surface area contributed by atoms with Crippen LogP contribution >= 0.6 is 0 Å². The predicted molar refractivity (Wildman–Crippen MR) is 61.3 cm³/mol. The van der Waals surface area contributed by atoms with Crippen molar-refractivity contribution in [1.29, 1.82) is 0 Å². The summed E-state index contributed by atoms with van der Waals surface area (Å²) >= 11 is 0. The Morgan fingerprint density at radius 2 is 1.88 bits per heavy atom. The highest BCUT2D eigenvalue weighted by Gasteiger charge is 2.24. The molecule has 3 amide bonds. The molecule has 5 N–H and O–H groups in total. The Kier molecular flexibility index (Phi) is 5.43. The average Bonchev–Trinajstić information content (AvgIpc) is 2.15. The molecule has 0 aromatic heterocycles. The maximum atomic E-state index is 11.5. The van der Waals surface area contributed by atoms with Crippen LogP contribution in [0, 0.1) is 0 Å². The van der Waals surface area contributed by atoms with Crippen LogP contribution in [-0.4, -0.2) is 34.6 Å². The third kappa shape index (κ3) is 6.39. The number of hydrogen-bond acceptors (Lipinski definition) is 3. The number of carboxylic acids is 1. The fraction of sp³-hybridized carbons (Fsp3) is 0.700. The zero-order chi connectivity index (χ0) is 13.6. The summed E-state index contributed by atoms with van der Waals surface area (Å²) in [4.78, 5) is 32.9. The first kappa shape index (κ1) is 15.2. The van der Waals surface area contributed by atoms with Crippen molar-refractivity contribution in [3.8, 4) is 0 Å². The molecule has 0 bridgehead atoms. The van der Waals surface area contributed by atoms with E-state index in [0.29, 0.717) is 6.42 Å². The van der Waals surface area contributed by atoms with E-state index in [9.17, 15) is 14.4 Å². The lowest BCUT2D eigenvalue weighted by atomic mass is 10.0. The number of carbonyl (C=O) groups excluding carboxylic acids is 2.